The third-order valence-electron chi connectivity index (χ3n) is 1.29. The fourth-order valence-corrected chi connectivity index (χ4v) is 0.749. The number of hydrogen-bond donors (Lipinski definition) is 1. The van der Waals surface area contributed by atoms with Gasteiger partial charge in [-0.05, 0) is 19.8 Å². The summed E-state index contributed by atoms with van der Waals surface area (Å²) in [6.07, 6.45) is 1.45. The van der Waals surface area contributed by atoms with Gasteiger partial charge in [0.25, 0.3) is 0 Å². The van der Waals surface area contributed by atoms with Crippen LogP contribution in [0.3, 0.4) is 0 Å². The van der Waals surface area contributed by atoms with Crippen LogP contribution >= 0.6 is 0 Å². The first kappa shape index (κ1) is 10.9. The van der Waals surface area contributed by atoms with Gasteiger partial charge < -0.3 is 14.6 Å². The maximum absolute atomic E-state index is 8.46. The molecule has 1 atom stereocenters. The van der Waals surface area contributed by atoms with E-state index in [0.29, 0.717) is 19.6 Å². The summed E-state index contributed by atoms with van der Waals surface area (Å²) in [6.45, 7) is 5.40. The Labute approximate surface area is 68.3 Å². The second-order valence-electron chi connectivity index (χ2n) is 2.24. The topological polar surface area (TPSA) is 38.7 Å². The van der Waals surface area contributed by atoms with Crippen molar-refractivity contribution < 1.29 is 14.6 Å². The number of hydrogen-bond acceptors (Lipinski definition) is 3. The van der Waals surface area contributed by atoms with Gasteiger partial charge in [-0.2, -0.15) is 0 Å². The zero-order valence-electron chi connectivity index (χ0n) is 7.38. The van der Waals surface area contributed by atoms with E-state index in [-0.39, 0.29) is 12.9 Å². The standard InChI is InChI=1S/C8H18O3/c1-3-8(10-4-2)11-7-5-6-9/h8-9H,3-7H2,1-2H3. The summed E-state index contributed by atoms with van der Waals surface area (Å²) in [5.74, 6) is 0. The molecule has 0 saturated carbocycles. The molecule has 0 bridgehead atoms. The number of ether oxygens (including phenoxy) is 2. The molecule has 0 aromatic heterocycles. The predicted octanol–water partition coefficient (Wildman–Crippen LogP) is 1.16. The zero-order chi connectivity index (χ0) is 8.53. The molecule has 0 aliphatic rings. The zero-order valence-corrected chi connectivity index (χ0v) is 7.38. The third kappa shape index (κ3) is 6.28. The summed E-state index contributed by atoms with van der Waals surface area (Å²) in [4.78, 5) is 0. The van der Waals surface area contributed by atoms with Crippen molar-refractivity contribution >= 4 is 0 Å². The van der Waals surface area contributed by atoms with E-state index in [4.69, 9.17) is 14.6 Å². The van der Waals surface area contributed by atoms with Crippen LogP contribution in [0.15, 0.2) is 0 Å². The van der Waals surface area contributed by atoms with Crippen LogP contribution < -0.4 is 0 Å². The van der Waals surface area contributed by atoms with Gasteiger partial charge in [-0.15, -0.1) is 0 Å². The van der Waals surface area contributed by atoms with E-state index in [2.05, 4.69) is 0 Å². The van der Waals surface area contributed by atoms with Crippen molar-refractivity contribution in [3.63, 3.8) is 0 Å². The van der Waals surface area contributed by atoms with Crippen LogP contribution in [0.4, 0.5) is 0 Å². The Morgan fingerprint density at radius 3 is 2.45 bits per heavy atom. The Morgan fingerprint density at radius 2 is 2.00 bits per heavy atom. The van der Waals surface area contributed by atoms with Crippen molar-refractivity contribution in [3.8, 4) is 0 Å². The van der Waals surface area contributed by atoms with Gasteiger partial charge >= 0.3 is 0 Å². The highest BCUT2D eigenvalue weighted by atomic mass is 16.7. The van der Waals surface area contributed by atoms with Crippen LogP contribution in [0.5, 0.6) is 0 Å². The highest BCUT2D eigenvalue weighted by Gasteiger charge is 2.03. The highest BCUT2D eigenvalue weighted by molar-refractivity contribution is 4.39. The molecule has 0 aliphatic carbocycles. The number of rotatable bonds is 7. The van der Waals surface area contributed by atoms with Gasteiger partial charge in [-0.25, -0.2) is 0 Å². The number of aliphatic hydroxyl groups excluding tert-OH is 1. The number of aliphatic hydroxyl groups is 1. The van der Waals surface area contributed by atoms with Gasteiger partial charge in [0, 0.05) is 13.2 Å². The second-order valence-corrected chi connectivity index (χ2v) is 2.24. The Bertz CT molecular complexity index is 75.7. The molecule has 0 aromatic carbocycles. The summed E-state index contributed by atoms with van der Waals surface area (Å²) in [7, 11) is 0. The van der Waals surface area contributed by atoms with E-state index in [1.54, 1.807) is 0 Å². The Hall–Kier alpha value is -0.120. The van der Waals surface area contributed by atoms with Gasteiger partial charge in [-0.3, -0.25) is 0 Å². The minimum absolute atomic E-state index is 0.0912. The van der Waals surface area contributed by atoms with E-state index in [9.17, 15) is 0 Å². The van der Waals surface area contributed by atoms with Crippen LogP contribution in [0, 0.1) is 0 Å². The lowest BCUT2D eigenvalue weighted by Gasteiger charge is -2.14. The first-order valence-electron chi connectivity index (χ1n) is 4.19. The molecule has 68 valence electrons. The van der Waals surface area contributed by atoms with Crippen LogP contribution in [-0.4, -0.2) is 31.2 Å². The van der Waals surface area contributed by atoms with Crippen molar-refractivity contribution in [2.75, 3.05) is 19.8 Å². The first-order valence-corrected chi connectivity index (χ1v) is 4.19. The quantitative estimate of drug-likeness (QED) is 0.451. The maximum atomic E-state index is 8.46. The van der Waals surface area contributed by atoms with Crippen LogP contribution in [0.2, 0.25) is 0 Å². The van der Waals surface area contributed by atoms with Crippen molar-refractivity contribution in [2.24, 2.45) is 0 Å². The molecule has 3 nitrogen and oxygen atoms in total. The molecule has 1 N–H and O–H groups in total. The maximum Gasteiger partial charge on any atom is 0.157 e. The molecule has 3 heteroatoms. The van der Waals surface area contributed by atoms with E-state index >= 15 is 0 Å². The van der Waals surface area contributed by atoms with E-state index in [0.717, 1.165) is 6.42 Å². The molecule has 0 fully saturated rings. The lowest BCUT2D eigenvalue weighted by atomic mass is 10.4. The van der Waals surface area contributed by atoms with Crippen LogP contribution in [0.1, 0.15) is 26.7 Å². The second kappa shape index (κ2) is 7.98. The molecule has 1 unspecified atom stereocenters. The average Bonchev–Trinajstić information content (AvgIpc) is 2.03. The largest absolute Gasteiger partial charge is 0.396 e. The van der Waals surface area contributed by atoms with Gasteiger partial charge in [-0.1, -0.05) is 6.92 Å². The highest BCUT2D eigenvalue weighted by Crippen LogP contribution is 2.00. The van der Waals surface area contributed by atoms with Crippen LogP contribution in [0.25, 0.3) is 0 Å². The molecular formula is C8H18O3. The smallest absolute Gasteiger partial charge is 0.157 e. The van der Waals surface area contributed by atoms with Gasteiger partial charge in [0.2, 0.25) is 0 Å². The summed E-state index contributed by atoms with van der Waals surface area (Å²) >= 11 is 0. The molecule has 0 aliphatic heterocycles. The molecular weight excluding hydrogens is 144 g/mol. The molecule has 0 rings (SSSR count). The van der Waals surface area contributed by atoms with Crippen molar-refractivity contribution in [3.05, 3.63) is 0 Å². The van der Waals surface area contributed by atoms with Crippen LogP contribution in [-0.2, 0) is 9.47 Å². The molecule has 0 radical (unpaired) electrons. The third-order valence-corrected chi connectivity index (χ3v) is 1.29. The van der Waals surface area contributed by atoms with Gasteiger partial charge in [0.1, 0.15) is 0 Å². The summed E-state index contributed by atoms with van der Waals surface area (Å²) < 4.78 is 10.5. The van der Waals surface area contributed by atoms with Gasteiger partial charge in [0.05, 0.1) is 6.61 Å². The Morgan fingerprint density at radius 1 is 1.27 bits per heavy atom. The van der Waals surface area contributed by atoms with Crippen molar-refractivity contribution in [1.29, 1.82) is 0 Å². The molecule has 0 spiro atoms. The summed E-state index contributed by atoms with van der Waals surface area (Å²) in [6, 6.07) is 0. The Balaban J connectivity index is 3.20. The fraction of sp³-hybridized carbons (Fsp3) is 1.00. The SMILES string of the molecule is CCOC(CC)OCCCO. The molecule has 0 saturated heterocycles. The molecule has 11 heavy (non-hydrogen) atoms. The molecule has 0 aromatic rings. The first-order chi connectivity index (χ1) is 5.35. The van der Waals surface area contributed by atoms with Gasteiger partial charge in [0.15, 0.2) is 6.29 Å². The normalized spacial score (nSPS) is 13.4. The van der Waals surface area contributed by atoms with Crippen molar-refractivity contribution in [1.82, 2.24) is 0 Å². The molecule has 0 heterocycles. The van der Waals surface area contributed by atoms with Crippen molar-refractivity contribution in [2.45, 2.75) is 33.0 Å². The fourth-order valence-electron chi connectivity index (χ4n) is 0.749. The minimum Gasteiger partial charge on any atom is -0.396 e. The Kier molecular flexibility index (Phi) is 7.89. The lowest BCUT2D eigenvalue weighted by molar-refractivity contribution is -0.141. The van der Waals surface area contributed by atoms with E-state index in [1.165, 1.54) is 0 Å². The minimum atomic E-state index is -0.0912. The van der Waals surface area contributed by atoms with E-state index < -0.39 is 0 Å². The average molecular weight is 162 g/mol. The molecule has 0 amide bonds. The lowest BCUT2D eigenvalue weighted by Crippen LogP contribution is -2.17. The van der Waals surface area contributed by atoms with E-state index in [1.807, 2.05) is 13.8 Å². The predicted molar refractivity (Wildman–Crippen MR) is 43.4 cm³/mol. The monoisotopic (exact) mass is 162 g/mol. The summed E-state index contributed by atoms with van der Waals surface area (Å²) in [5, 5.41) is 8.46. The summed E-state index contributed by atoms with van der Waals surface area (Å²) in [5.41, 5.74) is 0.